The summed E-state index contributed by atoms with van der Waals surface area (Å²) in [5.74, 6) is -0.457. The Morgan fingerprint density at radius 3 is 2.09 bits per heavy atom. The zero-order valence-corrected chi connectivity index (χ0v) is 20.4. The van der Waals surface area contributed by atoms with Gasteiger partial charge in [0.15, 0.2) is 0 Å². The van der Waals surface area contributed by atoms with Gasteiger partial charge in [-0.25, -0.2) is 4.79 Å². The van der Waals surface area contributed by atoms with E-state index in [9.17, 15) is 9.59 Å². The van der Waals surface area contributed by atoms with Crippen LogP contribution >= 0.6 is 0 Å². The minimum Gasteiger partial charge on any atom is -0.464 e. The maximum Gasteiger partial charge on any atom is 0.330 e. The van der Waals surface area contributed by atoms with E-state index >= 15 is 0 Å². The molecule has 2 aromatic carbocycles. The molecule has 35 heavy (non-hydrogen) atoms. The molecule has 4 rings (SSSR count). The monoisotopic (exact) mass is 471 g/mol. The van der Waals surface area contributed by atoms with Crippen LogP contribution in [0.4, 0.5) is 0 Å². The predicted octanol–water partition coefficient (Wildman–Crippen LogP) is 4.44. The lowest BCUT2D eigenvalue weighted by atomic mass is 9.88. The van der Waals surface area contributed by atoms with Crippen LogP contribution < -0.4 is 0 Å². The molecular weight excluding hydrogens is 438 g/mol. The molecule has 6 nitrogen and oxygen atoms in total. The van der Waals surface area contributed by atoms with E-state index in [1.807, 2.05) is 48.5 Å². The van der Waals surface area contributed by atoms with Crippen LogP contribution in [0.5, 0.6) is 0 Å². The van der Waals surface area contributed by atoms with Crippen molar-refractivity contribution in [3.8, 4) is 0 Å². The van der Waals surface area contributed by atoms with Crippen LogP contribution in [0.25, 0.3) is 0 Å². The summed E-state index contributed by atoms with van der Waals surface area (Å²) in [7, 11) is 0. The van der Waals surface area contributed by atoms with Crippen molar-refractivity contribution in [1.82, 2.24) is 14.8 Å². The average Bonchev–Trinajstić information content (AvgIpc) is 2.92. The number of nitrogens with zero attached hydrogens (tertiary/aromatic N) is 3. The van der Waals surface area contributed by atoms with Gasteiger partial charge in [0, 0.05) is 50.4 Å². The largest absolute Gasteiger partial charge is 0.464 e. The summed E-state index contributed by atoms with van der Waals surface area (Å²) >= 11 is 0. The molecule has 1 amide bonds. The van der Waals surface area contributed by atoms with Gasteiger partial charge in [-0.15, -0.1) is 0 Å². The fraction of sp³-hybridized carbons (Fsp3) is 0.345. The molecule has 3 aromatic rings. The third-order valence-electron chi connectivity index (χ3n) is 6.81. The Kier molecular flexibility index (Phi) is 8.27. The van der Waals surface area contributed by atoms with E-state index in [2.05, 4.69) is 41.1 Å². The van der Waals surface area contributed by atoms with Crippen LogP contribution in [-0.4, -0.2) is 58.9 Å². The molecule has 2 atom stereocenters. The van der Waals surface area contributed by atoms with Crippen LogP contribution in [0.15, 0.2) is 85.2 Å². The molecule has 1 fully saturated rings. The first kappa shape index (κ1) is 24.6. The average molecular weight is 472 g/mol. The molecule has 0 spiro atoms. The second kappa shape index (κ2) is 11.8. The van der Waals surface area contributed by atoms with Gasteiger partial charge in [0.2, 0.25) is 5.91 Å². The van der Waals surface area contributed by atoms with E-state index in [0.29, 0.717) is 26.1 Å². The summed E-state index contributed by atoms with van der Waals surface area (Å²) in [6.07, 6.45) is 3.85. The molecule has 0 N–H and O–H groups in total. The highest BCUT2D eigenvalue weighted by Crippen LogP contribution is 2.30. The maximum absolute atomic E-state index is 13.7. The van der Waals surface area contributed by atoms with E-state index < -0.39 is 6.04 Å². The van der Waals surface area contributed by atoms with E-state index in [4.69, 9.17) is 4.74 Å². The zero-order chi connectivity index (χ0) is 24.6. The number of carbonyl (C=O) groups excluding carboxylic acids is 2. The van der Waals surface area contributed by atoms with Crippen molar-refractivity contribution in [3.05, 3.63) is 102 Å². The summed E-state index contributed by atoms with van der Waals surface area (Å²) < 4.78 is 5.40. The molecular formula is C29H33N3O3. The van der Waals surface area contributed by atoms with Crippen LogP contribution in [-0.2, 0) is 14.3 Å². The topological polar surface area (TPSA) is 62.7 Å². The number of amides is 1. The van der Waals surface area contributed by atoms with Crippen molar-refractivity contribution >= 4 is 11.9 Å². The number of hydrogen-bond donors (Lipinski definition) is 0. The fourth-order valence-electron chi connectivity index (χ4n) is 4.84. The van der Waals surface area contributed by atoms with Crippen molar-refractivity contribution in [1.29, 1.82) is 0 Å². The quantitative estimate of drug-likeness (QED) is 0.455. The summed E-state index contributed by atoms with van der Waals surface area (Å²) in [4.78, 5) is 34.8. The van der Waals surface area contributed by atoms with Crippen LogP contribution in [0.1, 0.15) is 48.9 Å². The van der Waals surface area contributed by atoms with Crippen molar-refractivity contribution in [2.45, 2.75) is 38.3 Å². The molecule has 0 aliphatic carbocycles. The first-order valence-corrected chi connectivity index (χ1v) is 12.3. The minimum atomic E-state index is -0.632. The van der Waals surface area contributed by atoms with Gasteiger partial charge in [0.25, 0.3) is 0 Å². The number of carbonyl (C=O) groups is 2. The Morgan fingerprint density at radius 1 is 0.914 bits per heavy atom. The highest BCUT2D eigenvalue weighted by molar-refractivity contribution is 5.85. The molecule has 6 heteroatoms. The minimum absolute atomic E-state index is 0.0306. The lowest BCUT2D eigenvalue weighted by Crippen LogP contribution is -2.59. The zero-order valence-electron chi connectivity index (χ0n) is 20.4. The second-order valence-electron chi connectivity index (χ2n) is 8.88. The lowest BCUT2D eigenvalue weighted by molar-refractivity contribution is -0.159. The molecule has 1 saturated heterocycles. The number of ether oxygens (including phenoxy) is 1. The Morgan fingerprint density at radius 2 is 1.51 bits per heavy atom. The van der Waals surface area contributed by atoms with Gasteiger partial charge in [0.05, 0.1) is 6.61 Å². The molecule has 2 unspecified atom stereocenters. The van der Waals surface area contributed by atoms with E-state index in [1.54, 1.807) is 24.2 Å². The molecule has 1 aliphatic heterocycles. The maximum atomic E-state index is 13.7. The number of piperazine rings is 1. The predicted molar refractivity (Wildman–Crippen MR) is 136 cm³/mol. The van der Waals surface area contributed by atoms with Crippen molar-refractivity contribution in [2.24, 2.45) is 0 Å². The molecule has 0 bridgehead atoms. The number of esters is 1. The summed E-state index contributed by atoms with van der Waals surface area (Å²) in [6.45, 7) is 5.81. The molecule has 0 saturated carbocycles. The van der Waals surface area contributed by atoms with Gasteiger partial charge in [0.1, 0.15) is 6.04 Å². The Labute approximate surface area is 207 Å². The van der Waals surface area contributed by atoms with Gasteiger partial charge in [-0.3, -0.25) is 14.7 Å². The van der Waals surface area contributed by atoms with Crippen molar-refractivity contribution < 1.29 is 14.3 Å². The Hall–Kier alpha value is -3.51. The summed E-state index contributed by atoms with van der Waals surface area (Å²) in [6, 6.07) is 23.6. The van der Waals surface area contributed by atoms with E-state index in [-0.39, 0.29) is 30.4 Å². The van der Waals surface area contributed by atoms with Crippen LogP contribution in [0, 0.1) is 0 Å². The number of aromatic nitrogens is 1. The second-order valence-corrected chi connectivity index (χ2v) is 8.88. The normalized spacial score (nSPS) is 17.2. The number of benzene rings is 2. The van der Waals surface area contributed by atoms with Crippen molar-refractivity contribution in [2.75, 3.05) is 26.2 Å². The van der Waals surface area contributed by atoms with Crippen LogP contribution in [0.2, 0.25) is 0 Å². The van der Waals surface area contributed by atoms with Gasteiger partial charge in [-0.2, -0.15) is 0 Å². The highest BCUT2D eigenvalue weighted by atomic mass is 16.5. The Balaban J connectivity index is 1.55. The van der Waals surface area contributed by atoms with Crippen molar-refractivity contribution in [3.63, 3.8) is 0 Å². The van der Waals surface area contributed by atoms with E-state index in [0.717, 1.165) is 16.7 Å². The van der Waals surface area contributed by atoms with Gasteiger partial charge in [-0.1, -0.05) is 60.7 Å². The number of pyridine rings is 1. The lowest BCUT2D eigenvalue weighted by Gasteiger charge is -2.43. The molecule has 182 valence electrons. The molecule has 2 heterocycles. The summed E-state index contributed by atoms with van der Waals surface area (Å²) in [5.41, 5.74) is 3.31. The Bertz CT molecular complexity index is 1050. The van der Waals surface area contributed by atoms with E-state index in [1.165, 1.54) is 0 Å². The third kappa shape index (κ3) is 5.95. The SMILES string of the molecule is CCOC(=O)C1CN(C(C)c2ccncc2)CCN1C(=O)CC(c1ccccc1)c1ccccc1. The first-order valence-electron chi connectivity index (χ1n) is 12.3. The summed E-state index contributed by atoms with van der Waals surface area (Å²) in [5, 5.41) is 0. The van der Waals surface area contributed by atoms with Crippen LogP contribution in [0.3, 0.4) is 0 Å². The molecule has 0 radical (unpaired) electrons. The number of hydrogen-bond acceptors (Lipinski definition) is 5. The molecule has 1 aromatic heterocycles. The van der Waals surface area contributed by atoms with Gasteiger partial charge < -0.3 is 9.64 Å². The standard InChI is InChI=1S/C29H33N3O3/c1-3-35-29(34)27-21-31(22(2)23-14-16-30-17-15-23)18-19-32(27)28(33)20-26(24-10-6-4-7-11-24)25-12-8-5-9-13-25/h4-17,22,26-27H,3,18-21H2,1-2H3. The first-order chi connectivity index (χ1) is 17.1. The molecule has 1 aliphatic rings. The van der Waals surface area contributed by atoms with Gasteiger partial charge in [-0.05, 0) is 42.7 Å². The fourth-order valence-corrected chi connectivity index (χ4v) is 4.84. The third-order valence-corrected chi connectivity index (χ3v) is 6.81. The number of rotatable bonds is 8. The highest BCUT2D eigenvalue weighted by Gasteiger charge is 2.38. The smallest absolute Gasteiger partial charge is 0.330 e. The van der Waals surface area contributed by atoms with Gasteiger partial charge >= 0.3 is 5.97 Å².